The number of carbonyl (C=O) groups is 1. The van der Waals surface area contributed by atoms with Crippen molar-refractivity contribution in [2.75, 3.05) is 25.1 Å². The smallest absolute Gasteiger partial charge is 0.418 e. The molecule has 2 rings (SSSR count). The van der Waals surface area contributed by atoms with Crippen LogP contribution < -0.4 is 4.90 Å². The Labute approximate surface area is 126 Å². The zero-order valence-electron chi connectivity index (χ0n) is 12.0. The standard InChI is InChI=1S/C15H15F3N2O2/c1-22-14(21)11-4-6-20(7-5-11)13-3-2-10(9-19)8-12(13)15(16,17)18/h2-3,8,11H,4-7H2,1H3. The predicted molar refractivity (Wildman–Crippen MR) is 73.1 cm³/mol. The van der Waals surface area contributed by atoms with Gasteiger partial charge in [0.15, 0.2) is 0 Å². The topological polar surface area (TPSA) is 53.3 Å². The fourth-order valence-electron chi connectivity index (χ4n) is 2.63. The lowest BCUT2D eigenvalue weighted by molar-refractivity contribution is -0.146. The fourth-order valence-corrected chi connectivity index (χ4v) is 2.63. The lowest BCUT2D eigenvalue weighted by Gasteiger charge is -2.34. The summed E-state index contributed by atoms with van der Waals surface area (Å²) >= 11 is 0. The second kappa shape index (κ2) is 6.26. The molecule has 1 aliphatic rings. The third kappa shape index (κ3) is 3.32. The Kier molecular flexibility index (Phi) is 4.59. The molecule has 0 aliphatic carbocycles. The Bertz CT molecular complexity index is 600. The number of rotatable bonds is 2. The number of alkyl halides is 3. The maximum absolute atomic E-state index is 13.2. The van der Waals surface area contributed by atoms with Crippen molar-refractivity contribution in [2.45, 2.75) is 19.0 Å². The van der Waals surface area contributed by atoms with Crippen molar-refractivity contribution in [3.8, 4) is 6.07 Å². The highest BCUT2D eigenvalue weighted by molar-refractivity contribution is 5.72. The molecule has 118 valence electrons. The number of ether oxygens (including phenoxy) is 1. The SMILES string of the molecule is COC(=O)C1CCN(c2ccc(C#N)cc2C(F)(F)F)CC1. The summed E-state index contributed by atoms with van der Waals surface area (Å²) in [7, 11) is 1.30. The van der Waals surface area contributed by atoms with Crippen molar-refractivity contribution in [2.24, 2.45) is 5.92 Å². The summed E-state index contributed by atoms with van der Waals surface area (Å²) in [5.74, 6) is -0.593. The van der Waals surface area contributed by atoms with Gasteiger partial charge in [-0.1, -0.05) is 0 Å². The van der Waals surface area contributed by atoms with Gasteiger partial charge in [-0.25, -0.2) is 0 Å². The Balaban J connectivity index is 2.24. The fraction of sp³-hybridized carbons (Fsp3) is 0.467. The van der Waals surface area contributed by atoms with E-state index in [-0.39, 0.29) is 23.1 Å². The molecule has 22 heavy (non-hydrogen) atoms. The van der Waals surface area contributed by atoms with Crippen LogP contribution in [0.5, 0.6) is 0 Å². The Hall–Kier alpha value is -2.23. The number of piperidine rings is 1. The molecule has 4 nitrogen and oxygen atoms in total. The summed E-state index contributed by atoms with van der Waals surface area (Å²) in [5.41, 5.74) is -0.793. The minimum Gasteiger partial charge on any atom is -0.469 e. The molecule has 1 fully saturated rings. The van der Waals surface area contributed by atoms with E-state index in [1.54, 1.807) is 11.0 Å². The average molecular weight is 312 g/mol. The number of methoxy groups -OCH3 is 1. The summed E-state index contributed by atoms with van der Waals surface area (Å²) in [6, 6.07) is 5.27. The first-order valence-electron chi connectivity index (χ1n) is 6.81. The predicted octanol–water partition coefficient (Wildman–Crippen LogP) is 2.97. The zero-order chi connectivity index (χ0) is 16.3. The normalized spacial score (nSPS) is 16.2. The van der Waals surface area contributed by atoms with Gasteiger partial charge in [0, 0.05) is 18.8 Å². The Morgan fingerprint density at radius 1 is 1.36 bits per heavy atom. The lowest BCUT2D eigenvalue weighted by atomic mass is 9.95. The van der Waals surface area contributed by atoms with Gasteiger partial charge in [0.2, 0.25) is 0 Å². The molecule has 0 spiro atoms. The van der Waals surface area contributed by atoms with Crippen LogP contribution >= 0.6 is 0 Å². The molecule has 1 heterocycles. The summed E-state index contributed by atoms with van der Waals surface area (Å²) in [4.78, 5) is 13.1. The minimum absolute atomic E-state index is 0.0273. The van der Waals surface area contributed by atoms with Crippen LogP contribution in [-0.4, -0.2) is 26.2 Å². The third-order valence-corrected chi connectivity index (χ3v) is 3.80. The van der Waals surface area contributed by atoms with Crippen molar-refractivity contribution in [3.05, 3.63) is 29.3 Å². The first-order valence-corrected chi connectivity index (χ1v) is 6.81. The molecule has 0 saturated carbocycles. The van der Waals surface area contributed by atoms with Crippen molar-refractivity contribution < 1.29 is 22.7 Å². The van der Waals surface area contributed by atoms with Gasteiger partial charge in [0.05, 0.1) is 30.2 Å². The van der Waals surface area contributed by atoms with Gasteiger partial charge in [-0.05, 0) is 31.0 Å². The molecular formula is C15H15F3N2O2. The van der Waals surface area contributed by atoms with Crippen LogP contribution in [0.3, 0.4) is 0 Å². The Morgan fingerprint density at radius 2 is 2.00 bits per heavy atom. The highest BCUT2D eigenvalue weighted by atomic mass is 19.4. The van der Waals surface area contributed by atoms with Crippen molar-refractivity contribution in [1.29, 1.82) is 5.26 Å². The number of nitriles is 1. The molecule has 0 bridgehead atoms. The van der Waals surface area contributed by atoms with Crippen LogP contribution in [0.2, 0.25) is 0 Å². The summed E-state index contributed by atoms with van der Waals surface area (Å²) in [6.07, 6.45) is -3.63. The van der Waals surface area contributed by atoms with Crippen molar-refractivity contribution in [3.63, 3.8) is 0 Å². The van der Waals surface area contributed by atoms with Crippen molar-refractivity contribution >= 4 is 11.7 Å². The lowest BCUT2D eigenvalue weighted by Crippen LogP contribution is -2.37. The van der Waals surface area contributed by atoms with Gasteiger partial charge in [-0.15, -0.1) is 0 Å². The van der Waals surface area contributed by atoms with Crippen molar-refractivity contribution in [1.82, 2.24) is 0 Å². The molecule has 1 aliphatic heterocycles. The van der Waals surface area contributed by atoms with E-state index in [4.69, 9.17) is 5.26 Å². The van der Waals surface area contributed by atoms with E-state index in [1.807, 2.05) is 0 Å². The second-order valence-corrected chi connectivity index (χ2v) is 5.13. The molecule has 1 saturated heterocycles. The van der Waals surface area contributed by atoms with Crippen LogP contribution in [0.4, 0.5) is 18.9 Å². The number of halogens is 3. The number of nitrogens with zero attached hydrogens (tertiary/aromatic N) is 2. The molecule has 7 heteroatoms. The molecule has 1 aromatic carbocycles. The molecule has 0 unspecified atom stereocenters. The quantitative estimate of drug-likeness (QED) is 0.788. The van der Waals surface area contributed by atoms with Gasteiger partial charge in [-0.3, -0.25) is 4.79 Å². The highest BCUT2D eigenvalue weighted by Gasteiger charge is 2.36. The van der Waals surface area contributed by atoms with Gasteiger partial charge < -0.3 is 9.64 Å². The average Bonchev–Trinajstić information content (AvgIpc) is 2.53. The minimum atomic E-state index is -4.53. The van der Waals surface area contributed by atoms with E-state index in [0.29, 0.717) is 25.9 Å². The number of esters is 1. The van der Waals surface area contributed by atoms with Crippen LogP contribution in [0.1, 0.15) is 24.0 Å². The number of benzene rings is 1. The molecule has 0 amide bonds. The van der Waals surface area contributed by atoms with Gasteiger partial charge in [0.25, 0.3) is 0 Å². The monoisotopic (exact) mass is 312 g/mol. The largest absolute Gasteiger partial charge is 0.469 e. The highest BCUT2D eigenvalue weighted by Crippen LogP contribution is 2.38. The number of hydrogen-bond donors (Lipinski definition) is 0. The Morgan fingerprint density at radius 3 is 2.50 bits per heavy atom. The summed E-state index contributed by atoms with van der Waals surface area (Å²) < 4.78 is 44.2. The molecule has 0 N–H and O–H groups in total. The third-order valence-electron chi connectivity index (χ3n) is 3.80. The number of anilines is 1. The van der Waals surface area contributed by atoms with E-state index in [2.05, 4.69) is 4.74 Å². The first kappa shape index (κ1) is 16.1. The maximum Gasteiger partial charge on any atom is 0.418 e. The van der Waals surface area contributed by atoms with Gasteiger partial charge in [0.1, 0.15) is 0 Å². The molecule has 0 radical (unpaired) electrons. The van der Waals surface area contributed by atoms with Crippen LogP contribution in [0.25, 0.3) is 0 Å². The maximum atomic E-state index is 13.2. The van der Waals surface area contributed by atoms with Gasteiger partial charge in [-0.2, -0.15) is 18.4 Å². The number of hydrogen-bond acceptors (Lipinski definition) is 4. The van der Waals surface area contributed by atoms with Crippen LogP contribution in [-0.2, 0) is 15.7 Å². The van der Waals surface area contributed by atoms with Crippen LogP contribution in [0, 0.1) is 17.2 Å². The summed E-state index contributed by atoms with van der Waals surface area (Å²) in [5, 5.41) is 8.77. The first-order chi connectivity index (χ1) is 10.4. The summed E-state index contributed by atoms with van der Waals surface area (Å²) in [6.45, 7) is 0.684. The van der Waals surface area contributed by atoms with E-state index in [0.717, 1.165) is 6.07 Å². The molecule has 0 atom stereocenters. The number of carbonyl (C=O) groups excluding carboxylic acids is 1. The van der Waals surface area contributed by atoms with E-state index in [1.165, 1.54) is 19.2 Å². The van der Waals surface area contributed by atoms with Crippen LogP contribution in [0.15, 0.2) is 18.2 Å². The second-order valence-electron chi connectivity index (χ2n) is 5.13. The molecular weight excluding hydrogens is 297 g/mol. The van der Waals surface area contributed by atoms with Gasteiger partial charge >= 0.3 is 12.1 Å². The van der Waals surface area contributed by atoms with E-state index < -0.39 is 11.7 Å². The molecule has 0 aromatic heterocycles. The zero-order valence-corrected chi connectivity index (χ0v) is 12.0. The molecule has 1 aromatic rings. The van der Waals surface area contributed by atoms with E-state index in [9.17, 15) is 18.0 Å². The van der Waals surface area contributed by atoms with E-state index >= 15 is 0 Å².